The highest BCUT2D eigenvalue weighted by atomic mass is 32.1. The van der Waals surface area contributed by atoms with Crippen molar-refractivity contribution in [1.82, 2.24) is 5.32 Å². The molecular weight excluding hydrogens is 274 g/mol. The minimum atomic E-state index is -0.311. The minimum Gasteiger partial charge on any atom is -0.395 e. The summed E-state index contributed by atoms with van der Waals surface area (Å²) >= 11 is 1.57. The summed E-state index contributed by atoms with van der Waals surface area (Å²) in [5.74, 6) is 5.86. The second-order valence-electron chi connectivity index (χ2n) is 4.76. The number of carbonyl (C=O) groups excluding carboxylic acids is 1. The smallest absolute Gasteiger partial charge is 0.249 e. The van der Waals surface area contributed by atoms with Crippen molar-refractivity contribution in [2.75, 3.05) is 6.61 Å². The number of rotatable bonds is 4. The molecule has 4 nitrogen and oxygen atoms in total. The molecule has 0 bridgehead atoms. The van der Waals surface area contributed by atoms with Crippen LogP contribution in [0.3, 0.4) is 0 Å². The summed E-state index contributed by atoms with van der Waals surface area (Å²) in [6.45, 7) is 2.54. The number of amides is 1. The first kappa shape index (κ1) is 15.0. The van der Waals surface area contributed by atoms with Gasteiger partial charge in [0.05, 0.1) is 19.3 Å². The van der Waals surface area contributed by atoms with Crippen LogP contribution < -0.4 is 5.32 Å². The molecule has 20 heavy (non-hydrogen) atoms. The molecule has 0 saturated carbocycles. The maximum Gasteiger partial charge on any atom is 0.249 e. The predicted molar refractivity (Wildman–Crippen MR) is 78.3 cm³/mol. The zero-order valence-corrected chi connectivity index (χ0v) is 12.3. The number of hydrogen-bond acceptors (Lipinski definition) is 4. The lowest BCUT2D eigenvalue weighted by atomic mass is 10.2. The maximum absolute atomic E-state index is 12.0. The van der Waals surface area contributed by atoms with Crippen molar-refractivity contribution >= 4 is 17.2 Å². The van der Waals surface area contributed by atoms with E-state index in [1.165, 1.54) is 0 Å². The van der Waals surface area contributed by atoms with E-state index in [9.17, 15) is 4.79 Å². The monoisotopic (exact) mass is 293 g/mol. The molecular formula is C15H19NO3S. The zero-order valence-electron chi connectivity index (χ0n) is 11.5. The number of ether oxygens (including phenoxy) is 1. The van der Waals surface area contributed by atoms with Gasteiger partial charge in [-0.2, -0.15) is 0 Å². The van der Waals surface area contributed by atoms with Crippen LogP contribution in [0.1, 0.15) is 36.6 Å². The summed E-state index contributed by atoms with van der Waals surface area (Å²) in [5.41, 5.74) is 0.921. The summed E-state index contributed by atoms with van der Waals surface area (Å²) < 4.78 is 5.54. The van der Waals surface area contributed by atoms with E-state index in [1.54, 1.807) is 11.3 Å². The maximum atomic E-state index is 12.0. The molecule has 108 valence electrons. The number of nitrogens with one attached hydrogen (secondary N) is 1. The van der Waals surface area contributed by atoms with E-state index in [1.807, 2.05) is 18.4 Å². The van der Waals surface area contributed by atoms with E-state index >= 15 is 0 Å². The molecule has 0 aliphatic carbocycles. The van der Waals surface area contributed by atoms with Gasteiger partial charge < -0.3 is 15.2 Å². The fraction of sp³-hybridized carbons (Fsp3) is 0.533. The van der Waals surface area contributed by atoms with Crippen molar-refractivity contribution in [3.8, 4) is 11.8 Å². The van der Waals surface area contributed by atoms with Crippen molar-refractivity contribution < 1.29 is 14.6 Å². The Labute approximate surface area is 123 Å². The highest BCUT2D eigenvalue weighted by molar-refractivity contribution is 7.10. The van der Waals surface area contributed by atoms with Crippen LogP contribution in [0.5, 0.6) is 0 Å². The van der Waals surface area contributed by atoms with Crippen molar-refractivity contribution in [2.24, 2.45) is 0 Å². The molecule has 5 heteroatoms. The van der Waals surface area contributed by atoms with Gasteiger partial charge >= 0.3 is 0 Å². The SMILES string of the molecule is CC1CCC(C(=O)NCc2sccc2C#CCCO)O1. The molecule has 1 saturated heterocycles. The van der Waals surface area contributed by atoms with Gasteiger partial charge in [0.2, 0.25) is 5.91 Å². The van der Waals surface area contributed by atoms with Gasteiger partial charge in [-0.1, -0.05) is 11.8 Å². The van der Waals surface area contributed by atoms with Crippen molar-refractivity contribution in [2.45, 2.75) is 44.9 Å². The van der Waals surface area contributed by atoms with Crippen LogP contribution >= 0.6 is 11.3 Å². The molecule has 1 fully saturated rings. The molecule has 1 aromatic heterocycles. The molecule has 0 radical (unpaired) electrons. The highest BCUT2D eigenvalue weighted by Gasteiger charge is 2.27. The summed E-state index contributed by atoms with van der Waals surface area (Å²) in [6.07, 6.45) is 2.06. The number of aliphatic hydroxyl groups excluding tert-OH is 1. The van der Waals surface area contributed by atoms with E-state index < -0.39 is 0 Å². The average Bonchev–Trinajstić information content (AvgIpc) is 3.05. The largest absolute Gasteiger partial charge is 0.395 e. The third-order valence-corrected chi connectivity index (χ3v) is 4.07. The van der Waals surface area contributed by atoms with Crippen LogP contribution in [-0.2, 0) is 16.1 Å². The number of thiophene rings is 1. The van der Waals surface area contributed by atoms with E-state index in [0.717, 1.165) is 23.3 Å². The summed E-state index contributed by atoms with van der Waals surface area (Å²) in [5, 5.41) is 13.6. The van der Waals surface area contributed by atoms with Crippen molar-refractivity contribution in [1.29, 1.82) is 0 Å². The van der Waals surface area contributed by atoms with Gasteiger partial charge in [-0.05, 0) is 31.2 Å². The first-order valence-corrected chi connectivity index (χ1v) is 7.68. The molecule has 2 unspecified atom stereocenters. The molecule has 0 spiro atoms. The Morgan fingerprint density at radius 1 is 1.60 bits per heavy atom. The normalized spacial score (nSPS) is 21.3. The first-order chi connectivity index (χ1) is 9.70. The van der Waals surface area contributed by atoms with Crippen molar-refractivity contribution in [3.63, 3.8) is 0 Å². The summed E-state index contributed by atoms with van der Waals surface area (Å²) in [6, 6.07) is 1.94. The lowest BCUT2D eigenvalue weighted by Gasteiger charge is -2.11. The minimum absolute atomic E-state index is 0.0444. The predicted octanol–water partition coefficient (Wildman–Crippen LogP) is 1.67. The second-order valence-corrected chi connectivity index (χ2v) is 5.76. The van der Waals surface area contributed by atoms with Crippen LogP contribution in [0, 0.1) is 11.8 Å². The van der Waals surface area contributed by atoms with Gasteiger partial charge in [-0.3, -0.25) is 4.79 Å². The Bertz CT molecular complexity index is 515. The van der Waals surface area contributed by atoms with Crippen LogP contribution in [0.25, 0.3) is 0 Å². The zero-order chi connectivity index (χ0) is 14.4. The Kier molecular flexibility index (Phi) is 5.60. The standard InChI is InChI=1S/C15H19NO3S/c1-11-5-6-13(19-11)15(18)16-10-14-12(7-9-20-14)4-2-3-8-17/h7,9,11,13,17H,3,5-6,8,10H2,1H3,(H,16,18). The molecule has 2 rings (SSSR count). The van der Waals surface area contributed by atoms with Gasteiger partial charge in [0.15, 0.2) is 0 Å². The molecule has 1 amide bonds. The Balaban J connectivity index is 1.87. The molecule has 1 aliphatic heterocycles. The average molecular weight is 293 g/mol. The number of aliphatic hydroxyl groups is 1. The third kappa shape index (κ3) is 4.07. The van der Waals surface area contributed by atoms with E-state index in [0.29, 0.717) is 13.0 Å². The van der Waals surface area contributed by atoms with E-state index in [2.05, 4.69) is 17.2 Å². The van der Waals surface area contributed by atoms with Crippen molar-refractivity contribution in [3.05, 3.63) is 21.9 Å². The van der Waals surface area contributed by atoms with E-state index in [-0.39, 0.29) is 24.7 Å². The quantitative estimate of drug-likeness (QED) is 0.830. The summed E-state index contributed by atoms with van der Waals surface area (Å²) in [4.78, 5) is 13.0. The van der Waals surface area contributed by atoms with Crippen LogP contribution in [-0.4, -0.2) is 29.8 Å². The van der Waals surface area contributed by atoms with Crippen LogP contribution in [0.15, 0.2) is 11.4 Å². The molecule has 0 aromatic carbocycles. The third-order valence-electron chi connectivity index (χ3n) is 3.15. The lowest BCUT2D eigenvalue weighted by Crippen LogP contribution is -2.34. The number of hydrogen-bond donors (Lipinski definition) is 2. The molecule has 2 atom stereocenters. The second kappa shape index (κ2) is 7.44. The molecule has 2 N–H and O–H groups in total. The van der Waals surface area contributed by atoms with Gasteiger partial charge in [0.25, 0.3) is 0 Å². The summed E-state index contributed by atoms with van der Waals surface area (Å²) in [7, 11) is 0. The van der Waals surface area contributed by atoms with Crippen LogP contribution in [0.2, 0.25) is 0 Å². The Hall–Kier alpha value is -1.35. The highest BCUT2D eigenvalue weighted by Crippen LogP contribution is 2.20. The molecule has 2 heterocycles. The fourth-order valence-corrected chi connectivity index (χ4v) is 2.85. The lowest BCUT2D eigenvalue weighted by molar-refractivity contribution is -0.131. The van der Waals surface area contributed by atoms with Gasteiger partial charge in [-0.15, -0.1) is 11.3 Å². The Morgan fingerprint density at radius 2 is 2.45 bits per heavy atom. The Morgan fingerprint density at radius 3 is 3.15 bits per heavy atom. The van der Waals surface area contributed by atoms with Gasteiger partial charge in [0.1, 0.15) is 6.10 Å². The van der Waals surface area contributed by atoms with Crippen LogP contribution in [0.4, 0.5) is 0 Å². The van der Waals surface area contributed by atoms with E-state index in [4.69, 9.17) is 9.84 Å². The molecule has 1 aromatic rings. The van der Waals surface area contributed by atoms with Gasteiger partial charge in [-0.25, -0.2) is 0 Å². The van der Waals surface area contributed by atoms with Gasteiger partial charge in [0, 0.05) is 16.9 Å². The molecule has 1 aliphatic rings. The first-order valence-electron chi connectivity index (χ1n) is 6.80. The number of carbonyl (C=O) groups is 1. The fourth-order valence-electron chi connectivity index (χ4n) is 2.08. The topological polar surface area (TPSA) is 58.6 Å².